The van der Waals surface area contributed by atoms with Crippen LogP contribution in [0.3, 0.4) is 0 Å². The average molecular weight is 811 g/mol. The number of hydrogen-bond acceptors (Lipinski definition) is 11. The number of hydrogen-bond donors (Lipinski definition) is 7. The van der Waals surface area contributed by atoms with Crippen molar-refractivity contribution in [3.8, 4) is 0 Å². The highest BCUT2D eigenvalue weighted by Gasteiger charge is 2.23. The van der Waals surface area contributed by atoms with Gasteiger partial charge in [-0.05, 0) is 38.5 Å². The van der Waals surface area contributed by atoms with Crippen LogP contribution in [0.15, 0.2) is 0 Å². The van der Waals surface area contributed by atoms with Crippen LogP contribution in [0, 0.1) is 23.7 Å². The molecule has 4 unspecified atom stereocenters. The third-order valence-electron chi connectivity index (χ3n) is 7.72. The van der Waals surface area contributed by atoms with E-state index in [-0.39, 0.29) is 91.3 Å². The minimum absolute atomic E-state index is 0.0332. The van der Waals surface area contributed by atoms with Crippen molar-refractivity contribution in [3.05, 3.63) is 0 Å². The van der Waals surface area contributed by atoms with Gasteiger partial charge in [-0.25, -0.2) is 0 Å². The lowest BCUT2D eigenvalue weighted by atomic mass is 9.95. The molecule has 14 nitrogen and oxygen atoms in total. The average Bonchev–Trinajstić information content (AvgIpc) is 3.06. The minimum Gasteiger partial charge on any atom is -0.481 e. The van der Waals surface area contributed by atoms with Gasteiger partial charge in [0.2, 0.25) is 11.8 Å². The van der Waals surface area contributed by atoms with Crippen molar-refractivity contribution in [2.24, 2.45) is 23.7 Å². The molecule has 0 radical (unpaired) electrons. The van der Waals surface area contributed by atoms with Crippen LogP contribution in [-0.4, -0.2) is 97.0 Å². The molecule has 2 amide bonds. The fourth-order valence-electron chi connectivity index (χ4n) is 4.47. The van der Waals surface area contributed by atoms with Crippen molar-refractivity contribution in [3.63, 3.8) is 0 Å². The Morgan fingerprint density at radius 3 is 1.34 bits per heavy atom. The van der Waals surface area contributed by atoms with Crippen molar-refractivity contribution in [1.29, 1.82) is 0 Å². The molecule has 0 spiro atoms. The van der Waals surface area contributed by atoms with Crippen molar-refractivity contribution in [2.75, 3.05) is 24.6 Å². The zero-order valence-electron chi connectivity index (χ0n) is 31.9. The molecule has 6 N–H and O–H groups in total. The van der Waals surface area contributed by atoms with E-state index in [1.807, 2.05) is 6.92 Å². The number of carbonyl (C=O) groups is 8. The Kier molecular flexibility index (Phi) is 30.1. The number of Topliss-reactive ketones (excluding diaryl/α,β-unsaturated/α-hetero) is 2. The molecule has 0 rings (SSSR count). The maximum absolute atomic E-state index is 12.0. The Morgan fingerprint density at radius 2 is 1.00 bits per heavy atom. The van der Waals surface area contributed by atoms with Crippen LogP contribution < -0.4 is 10.6 Å². The zero-order valence-corrected chi connectivity index (χ0v) is 34.4. The van der Waals surface area contributed by atoms with Crippen LogP contribution in [0.5, 0.6) is 0 Å². The van der Waals surface area contributed by atoms with Crippen LogP contribution in [0.4, 0.5) is 0 Å². The molecule has 0 aliphatic carbocycles. The summed E-state index contributed by atoms with van der Waals surface area (Å²) in [6.45, 7) is 11.2. The number of unbranched alkanes of at least 4 members (excludes halogenated alkanes) is 4. The van der Waals surface area contributed by atoms with E-state index in [0.717, 1.165) is 31.4 Å². The summed E-state index contributed by atoms with van der Waals surface area (Å²) in [6, 6.07) is 0. The normalized spacial score (nSPS) is 13.3. The molecule has 0 heterocycles. The quantitative estimate of drug-likeness (QED) is 0.0259. The van der Waals surface area contributed by atoms with E-state index in [1.165, 1.54) is 0 Å². The molecule has 4 atom stereocenters. The predicted molar refractivity (Wildman–Crippen MR) is 210 cm³/mol. The van der Waals surface area contributed by atoms with Gasteiger partial charge >= 0.3 is 23.9 Å². The number of carboxylic acids is 4. The van der Waals surface area contributed by atoms with Gasteiger partial charge in [0.15, 0.2) is 0 Å². The van der Waals surface area contributed by atoms with E-state index in [0.29, 0.717) is 31.7 Å². The highest BCUT2D eigenvalue weighted by molar-refractivity contribution is 8.77. The Bertz CT molecular complexity index is 1160. The van der Waals surface area contributed by atoms with Gasteiger partial charge in [0.1, 0.15) is 11.6 Å². The molecule has 0 fully saturated rings. The first-order chi connectivity index (χ1) is 24.7. The standard InChI is InChI=1S/C20H35NO6S2.C16H27NO6S/c1-14(13-28-29-20(2,3)4)18(25)21-11-7-5-6-8-16(22)12-15(19(26)27)9-10-17(23)24;1-11(10-24)15(21)17-8-4-2-3-5-13(18)9-12(16(22)23)6-7-14(19)20/h14-15H,5-13H2,1-4H3,(H,21,25)(H,23,24)(H,26,27);11-12,24H,2-10H2,1H3,(H,17,21)(H,19,20)(H,22,23). The molecule has 17 heteroatoms. The number of nitrogens with one attached hydrogen (secondary N) is 2. The smallest absolute Gasteiger partial charge is 0.306 e. The van der Waals surface area contributed by atoms with Crippen molar-refractivity contribution < 1.29 is 58.8 Å². The zero-order chi connectivity index (χ0) is 41.0. The monoisotopic (exact) mass is 810 g/mol. The SMILES string of the molecule is CC(CS)C(=O)NCCCCCC(=O)CC(CCC(=O)O)C(=O)O.CC(CSSC(C)(C)C)C(=O)NCCCCCC(=O)CC(CCC(=O)O)C(=O)O. The van der Waals surface area contributed by atoms with E-state index in [9.17, 15) is 38.4 Å². The van der Waals surface area contributed by atoms with Gasteiger partial charge in [-0.2, -0.15) is 12.6 Å². The van der Waals surface area contributed by atoms with Crippen LogP contribution >= 0.6 is 34.2 Å². The van der Waals surface area contributed by atoms with Gasteiger partial charge in [0, 0.05) is 79.7 Å². The minimum atomic E-state index is -1.13. The molecule has 306 valence electrons. The molecule has 53 heavy (non-hydrogen) atoms. The second kappa shape index (κ2) is 30.5. The number of thiol groups is 1. The fraction of sp³-hybridized carbons (Fsp3) is 0.778. The van der Waals surface area contributed by atoms with E-state index < -0.39 is 35.7 Å². The van der Waals surface area contributed by atoms with Crippen molar-refractivity contribution in [1.82, 2.24) is 10.6 Å². The molecular weight excluding hydrogens is 749 g/mol. The van der Waals surface area contributed by atoms with E-state index in [4.69, 9.17) is 20.4 Å². The van der Waals surface area contributed by atoms with Crippen LogP contribution in [-0.2, 0) is 38.4 Å². The van der Waals surface area contributed by atoms with Gasteiger partial charge in [-0.3, -0.25) is 38.4 Å². The van der Waals surface area contributed by atoms with E-state index in [2.05, 4.69) is 44.0 Å². The molecule has 0 saturated heterocycles. The molecule has 0 aromatic rings. The maximum atomic E-state index is 12.0. The van der Waals surface area contributed by atoms with E-state index >= 15 is 0 Å². The number of rotatable bonds is 30. The van der Waals surface area contributed by atoms with Crippen molar-refractivity contribution in [2.45, 2.75) is 129 Å². The molecule has 0 bridgehead atoms. The third-order valence-corrected chi connectivity index (χ3v) is 11.8. The van der Waals surface area contributed by atoms with Gasteiger partial charge in [-0.1, -0.05) is 69.0 Å². The van der Waals surface area contributed by atoms with Crippen LogP contribution in [0.2, 0.25) is 0 Å². The lowest BCUT2D eigenvalue weighted by Crippen LogP contribution is -2.31. The highest BCUT2D eigenvalue weighted by atomic mass is 33.1. The first-order valence-corrected chi connectivity index (χ1v) is 21.0. The second-order valence-corrected chi connectivity index (χ2v) is 17.6. The molecule has 0 aliphatic rings. The summed E-state index contributed by atoms with van der Waals surface area (Å²) >= 11 is 4.05. The fourth-order valence-corrected chi connectivity index (χ4v) is 7.29. The first kappa shape index (κ1) is 52.3. The highest BCUT2D eigenvalue weighted by Crippen LogP contribution is 2.36. The number of carboxylic acid groups (broad SMARTS) is 4. The Morgan fingerprint density at radius 1 is 0.604 bits per heavy atom. The maximum Gasteiger partial charge on any atom is 0.306 e. The summed E-state index contributed by atoms with van der Waals surface area (Å²) in [5.41, 5.74) is 0. The summed E-state index contributed by atoms with van der Waals surface area (Å²) in [5.74, 6) is -5.53. The van der Waals surface area contributed by atoms with Gasteiger partial charge in [-0.15, -0.1) is 0 Å². The topological polar surface area (TPSA) is 242 Å². The molecule has 0 aromatic heterocycles. The van der Waals surface area contributed by atoms with Crippen LogP contribution in [0.25, 0.3) is 0 Å². The first-order valence-electron chi connectivity index (χ1n) is 18.1. The molecule has 0 aromatic carbocycles. The lowest BCUT2D eigenvalue weighted by molar-refractivity contribution is -0.146. The molecule has 0 saturated carbocycles. The summed E-state index contributed by atoms with van der Waals surface area (Å²) in [7, 11) is 3.47. The summed E-state index contributed by atoms with van der Waals surface area (Å²) in [4.78, 5) is 90.4. The van der Waals surface area contributed by atoms with Crippen molar-refractivity contribution >= 4 is 81.5 Å². The number of carbonyl (C=O) groups excluding carboxylic acids is 4. The Labute approximate surface area is 327 Å². The number of ketones is 2. The lowest BCUT2D eigenvalue weighted by Gasteiger charge is -2.18. The summed E-state index contributed by atoms with van der Waals surface area (Å²) < 4.78 is 0.166. The molecule has 0 aliphatic heterocycles. The largest absolute Gasteiger partial charge is 0.481 e. The van der Waals surface area contributed by atoms with Crippen LogP contribution in [0.1, 0.15) is 125 Å². The Balaban J connectivity index is 0. The van der Waals surface area contributed by atoms with Gasteiger partial charge in [0.25, 0.3) is 0 Å². The van der Waals surface area contributed by atoms with Gasteiger partial charge in [0.05, 0.1) is 11.8 Å². The second-order valence-electron chi connectivity index (χ2n) is 14.1. The number of amides is 2. The predicted octanol–water partition coefficient (Wildman–Crippen LogP) is 5.76. The third kappa shape index (κ3) is 32.4. The molecular formula is C36H62N2O12S3. The Hall–Kier alpha value is -2.79. The number of aliphatic carboxylic acids is 4. The summed E-state index contributed by atoms with van der Waals surface area (Å²) in [5, 5.41) is 41.0. The van der Waals surface area contributed by atoms with E-state index in [1.54, 1.807) is 28.5 Å². The van der Waals surface area contributed by atoms with Gasteiger partial charge < -0.3 is 31.1 Å². The summed E-state index contributed by atoms with van der Waals surface area (Å²) in [6.07, 6.45) is 4.02.